The van der Waals surface area contributed by atoms with Gasteiger partial charge in [0.1, 0.15) is 18.5 Å². The van der Waals surface area contributed by atoms with Crippen molar-refractivity contribution in [2.45, 2.75) is 32.7 Å². The summed E-state index contributed by atoms with van der Waals surface area (Å²) in [6, 6.07) is 7.96. The summed E-state index contributed by atoms with van der Waals surface area (Å²) in [5, 5.41) is 3.00. The molecule has 2 aliphatic heterocycles. The minimum Gasteiger partial charge on any atom is -0.372 e. The van der Waals surface area contributed by atoms with Crippen molar-refractivity contribution in [2.75, 3.05) is 19.7 Å². The Bertz CT molecular complexity index is 755. The van der Waals surface area contributed by atoms with Crippen molar-refractivity contribution < 1.29 is 9.53 Å². The van der Waals surface area contributed by atoms with E-state index >= 15 is 0 Å². The number of aryl methyl sites for hydroxylation is 1. The lowest BCUT2D eigenvalue weighted by molar-refractivity contribution is -0.129. The average Bonchev–Trinajstić information content (AvgIpc) is 2.98. The largest absolute Gasteiger partial charge is 0.372 e. The van der Waals surface area contributed by atoms with Crippen LogP contribution in [0.25, 0.3) is 0 Å². The Labute approximate surface area is 141 Å². The molecular weight excluding hydrogens is 304 g/mol. The molecule has 1 atom stereocenters. The molecule has 6 heteroatoms. The van der Waals surface area contributed by atoms with Gasteiger partial charge in [-0.05, 0) is 12.5 Å². The van der Waals surface area contributed by atoms with Crippen molar-refractivity contribution in [2.24, 2.45) is 0 Å². The summed E-state index contributed by atoms with van der Waals surface area (Å²) in [6.45, 7) is 6.42. The number of hydrogen-bond acceptors (Lipinski definition) is 4. The minimum atomic E-state index is -0.246. The van der Waals surface area contributed by atoms with Crippen LogP contribution in [0.2, 0.25) is 0 Å². The minimum absolute atomic E-state index is 0.0774. The number of carbonyl (C=O) groups is 1. The van der Waals surface area contributed by atoms with E-state index in [1.165, 1.54) is 5.56 Å². The fourth-order valence-electron chi connectivity index (χ4n) is 3.58. The van der Waals surface area contributed by atoms with Crippen molar-refractivity contribution >= 4 is 5.91 Å². The van der Waals surface area contributed by atoms with Crippen molar-refractivity contribution in [1.29, 1.82) is 0 Å². The second-order valence-corrected chi connectivity index (χ2v) is 6.45. The van der Waals surface area contributed by atoms with E-state index < -0.39 is 0 Å². The first-order chi connectivity index (χ1) is 11.7. The van der Waals surface area contributed by atoms with Crippen LogP contribution in [0, 0.1) is 6.92 Å². The number of imidazole rings is 1. The van der Waals surface area contributed by atoms with Crippen LogP contribution in [0.3, 0.4) is 0 Å². The van der Waals surface area contributed by atoms with Crippen LogP contribution in [0.5, 0.6) is 0 Å². The number of aromatic nitrogens is 2. The molecule has 1 unspecified atom stereocenters. The van der Waals surface area contributed by atoms with Crippen LogP contribution in [-0.2, 0) is 29.2 Å². The zero-order valence-corrected chi connectivity index (χ0v) is 13.9. The van der Waals surface area contributed by atoms with E-state index in [1.54, 1.807) is 0 Å². The smallest absolute Gasteiger partial charge is 0.242 e. The first kappa shape index (κ1) is 15.4. The summed E-state index contributed by atoms with van der Waals surface area (Å²) in [6.07, 6.45) is 1.92. The molecule has 0 saturated carbocycles. The molecule has 4 rings (SSSR count). The molecule has 2 aliphatic rings. The van der Waals surface area contributed by atoms with Crippen molar-refractivity contribution in [3.05, 3.63) is 53.1 Å². The van der Waals surface area contributed by atoms with Gasteiger partial charge in [-0.2, -0.15) is 0 Å². The van der Waals surface area contributed by atoms with Gasteiger partial charge >= 0.3 is 0 Å². The summed E-state index contributed by atoms with van der Waals surface area (Å²) < 4.78 is 7.68. The van der Waals surface area contributed by atoms with Crippen LogP contribution < -0.4 is 5.32 Å². The number of fused-ring (bicyclic) bond motifs is 1. The summed E-state index contributed by atoms with van der Waals surface area (Å²) in [7, 11) is 0. The number of hydrogen-bond donors (Lipinski definition) is 1. The molecule has 1 aromatic carbocycles. The van der Waals surface area contributed by atoms with Gasteiger partial charge < -0.3 is 14.6 Å². The Morgan fingerprint density at radius 1 is 1.38 bits per heavy atom. The third kappa shape index (κ3) is 2.83. The van der Waals surface area contributed by atoms with Crippen LogP contribution in [-0.4, -0.2) is 40.1 Å². The molecule has 1 N–H and O–H groups in total. The highest BCUT2D eigenvalue weighted by molar-refractivity contribution is 5.84. The Balaban J connectivity index is 1.62. The molecule has 3 heterocycles. The molecule has 6 nitrogen and oxygen atoms in total. The molecule has 1 amide bonds. The maximum atomic E-state index is 12.5. The number of ether oxygens (including phenoxy) is 1. The molecular formula is C18H22N4O2. The van der Waals surface area contributed by atoms with Gasteiger partial charge in [-0.3, -0.25) is 9.69 Å². The highest BCUT2D eigenvalue weighted by atomic mass is 16.5. The van der Waals surface area contributed by atoms with Crippen LogP contribution in [0.1, 0.15) is 28.7 Å². The number of benzene rings is 1. The molecule has 1 saturated heterocycles. The number of nitrogens with one attached hydrogen (secondary N) is 1. The maximum Gasteiger partial charge on any atom is 0.242 e. The lowest BCUT2D eigenvalue weighted by Gasteiger charge is -2.35. The zero-order valence-electron chi connectivity index (χ0n) is 13.9. The van der Waals surface area contributed by atoms with E-state index in [0.29, 0.717) is 13.2 Å². The van der Waals surface area contributed by atoms with Gasteiger partial charge in [0, 0.05) is 32.4 Å². The number of amides is 1. The summed E-state index contributed by atoms with van der Waals surface area (Å²) in [5.74, 6) is 1.05. The van der Waals surface area contributed by atoms with Crippen molar-refractivity contribution in [3.8, 4) is 0 Å². The van der Waals surface area contributed by atoms with Gasteiger partial charge in [0.2, 0.25) is 5.91 Å². The van der Waals surface area contributed by atoms with Gasteiger partial charge in [0.15, 0.2) is 0 Å². The van der Waals surface area contributed by atoms with Gasteiger partial charge in [0.05, 0.1) is 12.3 Å². The molecule has 0 aliphatic carbocycles. The topological polar surface area (TPSA) is 59.4 Å². The van der Waals surface area contributed by atoms with Gasteiger partial charge in [0.25, 0.3) is 0 Å². The summed E-state index contributed by atoms with van der Waals surface area (Å²) in [5.41, 5.74) is 3.37. The predicted molar refractivity (Wildman–Crippen MR) is 89.2 cm³/mol. The molecule has 1 aromatic heterocycles. The SMILES string of the molecule is Cc1cccc(C2C(=O)NCCN2Cc2cnc3n2CCOC3)c1. The molecule has 0 bridgehead atoms. The van der Waals surface area contributed by atoms with E-state index in [0.717, 1.165) is 43.3 Å². The number of rotatable bonds is 3. The second-order valence-electron chi connectivity index (χ2n) is 6.45. The standard InChI is InChI=1S/C18H22N4O2/c1-13-3-2-4-14(9-13)17-18(23)19-5-6-21(17)11-15-10-20-16-12-24-8-7-22(15)16/h2-4,9-10,17H,5-8,11-12H2,1H3,(H,19,23). The van der Waals surface area contributed by atoms with Crippen molar-refractivity contribution in [1.82, 2.24) is 19.8 Å². The molecule has 0 spiro atoms. The fourth-order valence-corrected chi connectivity index (χ4v) is 3.58. The van der Waals surface area contributed by atoms with E-state index in [4.69, 9.17) is 4.74 Å². The molecule has 126 valence electrons. The van der Waals surface area contributed by atoms with Crippen LogP contribution >= 0.6 is 0 Å². The van der Waals surface area contributed by atoms with Gasteiger partial charge in [-0.15, -0.1) is 0 Å². The second kappa shape index (κ2) is 6.37. The third-order valence-electron chi connectivity index (χ3n) is 4.75. The number of piperazine rings is 1. The Hall–Kier alpha value is -2.18. The van der Waals surface area contributed by atoms with Gasteiger partial charge in [-0.1, -0.05) is 29.8 Å². The molecule has 24 heavy (non-hydrogen) atoms. The molecule has 2 aromatic rings. The molecule has 1 fully saturated rings. The van der Waals surface area contributed by atoms with E-state index in [-0.39, 0.29) is 11.9 Å². The lowest BCUT2D eigenvalue weighted by Crippen LogP contribution is -2.49. The summed E-state index contributed by atoms with van der Waals surface area (Å²) >= 11 is 0. The highest BCUT2D eigenvalue weighted by Crippen LogP contribution is 2.26. The van der Waals surface area contributed by atoms with E-state index in [2.05, 4.69) is 38.8 Å². The van der Waals surface area contributed by atoms with Crippen LogP contribution in [0.15, 0.2) is 30.5 Å². The quantitative estimate of drug-likeness (QED) is 0.926. The Morgan fingerprint density at radius 3 is 3.17 bits per heavy atom. The third-order valence-corrected chi connectivity index (χ3v) is 4.75. The maximum absolute atomic E-state index is 12.5. The van der Waals surface area contributed by atoms with Crippen molar-refractivity contribution in [3.63, 3.8) is 0 Å². The normalized spacial score (nSPS) is 21.4. The fraction of sp³-hybridized carbons (Fsp3) is 0.444. The average molecular weight is 326 g/mol. The predicted octanol–water partition coefficient (Wildman–Crippen LogP) is 1.39. The van der Waals surface area contributed by atoms with Crippen LogP contribution in [0.4, 0.5) is 0 Å². The molecule has 0 radical (unpaired) electrons. The number of carbonyl (C=O) groups excluding carboxylic acids is 1. The van der Waals surface area contributed by atoms with E-state index in [1.807, 2.05) is 18.3 Å². The first-order valence-corrected chi connectivity index (χ1v) is 8.42. The lowest BCUT2D eigenvalue weighted by atomic mass is 10.0. The highest BCUT2D eigenvalue weighted by Gasteiger charge is 2.32. The van der Waals surface area contributed by atoms with Gasteiger partial charge in [-0.25, -0.2) is 4.98 Å². The summed E-state index contributed by atoms with van der Waals surface area (Å²) in [4.78, 5) is 19.2. The first-order valence-electron chi connectivity index (χ1n) is 8.42. The Morgan fingerprint density at radius 2 is 2.29 bits per heavy atom. The zero-order chi connectivity index (χ0) is 16.5. The Kier molecular flexibility index (Phi) is 4.08. The monoisotopic (exact) mass is 326 g/mol. The number of nitrogens with zero attached hydrogens (tertiary/aromatic N) is 3. The van der Waals surface area contributed by atoms with E-state index in [9.17, 15) is 4.79 Å².